The van der Waals surface area contributed by atoms with E-state index in [9.17, 15) is 0 Å². The Morgan fingerprint density at radius 3 is 2.07 bits per heavy atom. The number of benzene rings is 3. The topological polar surface area (TPSA) is 0 Å². The lowest BCUT2D eigenvalue weighted by Crippen LogP contribution is -2.55. The Morgan fingerprint density at radius 2 is 1.34 bits per heavy atom. The largest absolute Gasteiger partial charge is 0.0622 e. The van der Waals surface area contributed by atoms with Gasteiger partial charge in [0.25, 0.3) is 0 Å². The van der Waals surface area contributed by atoms with E-state index in [1.54, 1.807) is 11.1 Å². The van der Waals surface area contributed by atoms with Crippen LogP contribution in [-0.4, -0.2) is 0 Å². The molecule has 4 fully saturated rings. The van der Waals surface area contributed by atoms with E-state index in [0.717, 1.165) is 23.7 Å². The third-order valence-corrected chi connectivity index (χ3v) is 9.21. The van der Waals surface area contributed by atoms with Crippen LogP contribution in [0.3, 0.4) is 0 Å². The minimum Gasteiger partial charge on any atom is -0.0622 e. The minimum absolute atomic E-state index is 0.261. The molecule has 0 radical (unpaired) electrons. The third-order valence-electron chi connectivity index (χ3n) is 8.72. The van der Waals surface area contributed by atoms with Crippen LogP contribution in [0.25, 0.3) is 22.3 Å². The van der Waals surface area contributed by atoms with E-state index in [2.05, 4.69) is 82.7 Å². The van der Waals surface area contributed by atoms with Crippen LogP contribution in [0.15, 0.2) is 71.2 Å². The van der Waals surface area contributed by atoms with Crippen LogP contribution in [0.4, 0.5) is 0 Å². The van der Waals surface area contributed by atoms with Crippen molar-refractivity contribution < 1.29 is 0 Å². The summed E-state index contributed by atoms with van der Waals surface area (Å²) < 4.78 is 1.24. The minimum atomic E-state index is 0.261. The first-order valence-corrected chi connectivity index (χ1v) is 12.0. The van der Waals surface area contributed by atoms with Gasteiger partial charge in [0.05, 0.1) is 0 Å². The highest BCUT2D eigenvalue weighted by molar-refractivity contribution is 9.10. The van der Waals surface area contributed by atoms with Crippen molar-refractivity contribution in [3.8, 4) is 22.3 Å². The maximum Gasteiger partial charge on any atom is 0.0272 e. The highest BCUT2D eigenvalue weighted by Gasteiger charge is 2.61. The third kappa shape index (κ3) is 2.15. The molecular weight excluding hydrogens is 416 g/mol. The number of fused-ring (bicyclic) bond motifs is 3. The molecule has 3 aromatic rings. The van der Waals surface area contributed by atoms with Gasteiger partial charge in [0.15, 0.2) is 0 Å². The van der Waals surface area contributed by atoms with Crippen molar-refractivity contribution in [1.29, 1.82) is 0 Å². The van der Waals surface area contributed by atoms with Gasteiger partial charge in [-0.1, -0.05) is 64.5 Å². The van der Waals surface area contributed by atoms with Crippen LogP contribution in [0, 0.1) is 23.7 Å². The first-order chi connectivity index (χ1) is 14.2. The molecule has 1 spiro atoms. The van der Waals surface area contributed by atoms with Crippen LogP contribution in [0.5, 0.6) is 0 Å². The molecule has 8 rings (SSSR count). The summed E-state index contributed by atoms with van der Waals surface area (Å²) in [6.07, 6.45) is 7.28. The number of hydrogen-bond acceptors (Lipinski definition) is 0. The van der Waals surface area contributed by atoms with Crippen molar-refractivity contribution in [2.75, 3.05) is 0 Å². The number of halogens is 1. The zero-order valence-corrected chi connectivity index (χ0v) is 18.2. The average Bonchev–Trinajstić information content (AvgIpc) is 3.02. The second-order valence-electron chi connectivity index (χ2n) is 9.99. The lowest BCUT2D eigenvalue weighted by atomic mass is 9.43. The molecule has 3 aromatic carbocycles. The average molecular weight is 441 g/mol. The maximum atomic E-state index is 3.81. The Morgan fingerprint density at radius 1 is 0.621 bits per heavy atom. The second-order valence-corrected chi connectivity index (χ2v) is 10.9. The van der Waals surface area contributed by atoms with E-state index in [1.807, 2.05) is 0 Å². The summed E-state index contributed by atoms with van der Waals surface area (Å²) >= 11 is 3.81. The Labute approximate surface area is 181 Å². The Balaban J connectivity index is 1.49. The van der Waals surface area contributed by atoms with Crippen molar-refractivity contribution in [3.63, 3.8) is 0 Å². The van der Waals surface area contributed by atoms with Crippen LogP contribution in [0.1, 0.15) is 43.2 Å². The fourth-order valence-electron chi connectivity index (χ4n) is 7.98. The molecule has 5 aliphatic rings. The van der Waals surface area contributed by atoms with E-state index in [1.165, 1.54) is 58.8 Å². The van der Waals surface area contributed by atoms with Crippen LogP contribution in [0.2, 0.25) is 0 Å². The predicted octanol–water partition coefficient (Wildman–Crippen LogP) is 7.84. The molecule has 4 bridgehead atoms. The molecular formula is C28H25Br. The number of rotatable bonds is 1. The molecule has 0 atom stereocenters. The van der Waals surface area contributed by atoms with Gasteiger partial charge < -0.3 is 0 Å². The molecule has 29 heavy (non-hydrogen) atoms. The quantitative estimate of drug-likeness (QED) is 0.361. The lowest BCUT2D eigenvalue weighted by molar-refractivity contribution is -0.0399. The fraction of sp³-hybridized carbons (Fsp3) is 0.357. The molecule has 0 nitrogen and oxygen atoms in total. The van der Waals surface area contributed by atoms with Crippen LogP contribution < -0.4 is 0 Å². The van der Waals surface area contributed by atoms with Gasteiger partial charge in [0.1, 0.15) is 0 Å². The van der Waals surface area contributed by atoms with E-state index in [-0.39, 0.29) is 5.41 Å². The fourth-order valence-corrected chi connectivity index (χ4v) is 8.34. The van der Waals surface area contributed by atoms with Crippen LogP contribution in [-0.2, 0) is 5.41 Å². The normalized spacial score (nSPS) is 33.1. The van der Waals surface area contributed by atoms with Gasteiger partial charge in [-0.05, 0) is 107 Å². The molecule has 144 valence electrons. The van der Waals surface area contributed by atoms with Gasteiger partial charge in [0.2, 0.25) is 0 Å². The standard InChI is InChI=1S/C28H25Br/c29-23-7-8-24-25-15-20(19-4-2-1-3-5-19)6-9-26(25)28(27(24)16-23)21-11-17-10-18(13-21)14-22(28)12-17/h1-9,15-18,21-22H,10-14H2. The molecule has 5 aliphatic carbocycles. The van der Waals surface area contributed by atoms with Gasteiger partial charge in [-0.15, -0.1) is 0 Å². The summed E-state index contributed by atoms with van der Waals surface area (Å²) in [5.41, 5.74) is 9.19. The van der Waals surface area contributed by atoms with Crippen molar-refractivity contribution in [2.24, 2.45) is 23.7 Å². The summed E-state index contributed by atoms with van der Waals surface area (Å²) in [7, 11) is 0. The Bertz CT molecular complexity index is 1100. The molecule has 0 aromatic heterocycles. The second kappa shape index (κ2) is 5.85. The van der Waals surface area contributed by atoms with E-state index in [0.29, 0.717) is 0 Å². The lowest BCUT2D eigenvalue weighted by Gasteiger charge is -2.61. The van der Waals surface area contributed by atoms with Gasteiger partial charge in [-0.3, -0.25) is 0 Å². The molecule has 0 saturated heterocycles. The number of hydrogen-bond donors (Lipinski definition) is 0. The van der Waals surface area contributed by atoms with E-state index in [4.69, 9.17) is 0 Å². The Kier molecular flexibility index (Phi) is 3.41. The summed E-state index contributed by atoms with van der Waals surface area (Å²) in [6, 6.07) is 25.3. The predicted molar refractivity (Wildman–Crippen MR) is 123 cm³/mol. The van der Waals surface area contributed by atoms with Crippen molar-refractivity contribution >= 4 is 15.9 Å². The van der Waals surface area contributed by atoms with Crippen molar-refractivity contribution in [2.45, 2.75) is 37.5 Å². The molecule has 4 saturated carbocycles. The summed E-state index contributed by atoms with van der Waals surface area (Å²) in [5.74, 6) is 3.64. The maximum absolute atomic E-state index is 3.81. The van der Waals surface area contributed by atoms with Gasteiger partial charge in [-0.2, -0.15) is 0 Å². The van der Waals surface area contributed by atoms with Gasteiger partial charge in [0, 0.05) is 9.89 Å². The highest BCUT2D eigenvalue weighted by atomic mass is 79.9. The molecule has 0 heterocycles. The zero-order valence-electron chi connectivity index (χ0n) is 16.6. The van der Waals surface area contributed by atoms with Gasteiger partial charge >= 0.3 is 0 Å². The first kappa shape index (κ1) is 16.9. The molecule has 1 heteroatoms. The molecule has 0 aliphatic heterocycles. The monoisotopic (exact) mass is 440 g/mol. The summed E-state index contributed by atoms with van der Waals surface area (Å²) in [6.45, 7) is 0. The first-order valence-electron chi connectivity index (χ1n) is 11.2. The molecule has 0 N–H and O–H groups in total. The Hall–Kier alpha value is -1.86. The molecule has 0 amide bonds. The van der Waals surface area contributed by atoms with E-state index < -0.39 is 0 Å². The highest BCUT2D eigenvalue weighted by Crippen LogP contribution is 2.69. The van der Waals surface area contributed by atoms with Crippen molar-refractivity contribution in [1.82, 2.24) is 0 Å². The van der Waals surface area contributed by atoms with E-state index >= 15 is 0 Å². The summed E-state index contributed by atoms with van der Waals surface area (Å²) in [4.78, 5) is 0. The van der Waals surface area contributed by atoms with Crippen molar-refractivity contribution in [3.05, 3.63) is 82.3 Å². The zero-order chi connectivity index (χ0) is 19.2. The van der Waals surface area contributed by atoms with Crippen LogP contribution >= 0.6 is 15.9 Å². The SMILES string of the molecule is Brc1ccc2c(c1)C1(c3ccc(-c4ccccc4)cc3-2)C2CC3CC(C2)CC1C3. The smallest absolute Gasteiger partial charge is 0.0272 e. The molecule has 0 unspecified atom stereocenters. The summed E-state index contributed by atoms with van der Waals surface area (Å²) in [5, 5.41) is 0. The van der Waals surface area contributed by atoms with Gasteiger partial charge in [-0.25, -0.2) is 0 Å².